The second kappa shape index (κ2) is 4.61. The molecule has 4 nitrogen and oxygen atoms in total. The van der Waals surface area contributed by atoms with E-state index in [-0.39, 0.29) is 17.7 Å². The van der Waals surface area contributed by atoms with Gasteiger partial charge >= 0.3 is 0 Å². The van der Waals surface area contributed by atoms with Gasteiger partial charge in [0.1, 0.15) is 5.75 Å². The molecule has 0 atom stereocenters. The maximum absolute atomic E-state index is 11.6. The van der Waals surface area contributed by atoms with Gasteiger partial charge in [0, 0.05) is 24.2 Å². The summed E-state index contributed by atoms with van der Waals surface area (Å²) in [4.78, 5) is 13.2. The highest BCUT2D eigenvalue weighted by molar-refractivity contribution is 9.09. The van der Waals surface area contributed by atoms with Gasteiger partial charge in [0.05, 0.1) is 0 Å². The van der Waals surface area contributed by atoms with Crippen molar-refractivity contribution in [3.05, 3.63) is 0 Å². The van der Waals surface area contributed by atoms with Crippen LogP contribution < -0.4 is 0 Å². The molecule has 1 saturated carbocycles. The minimum Gasteiger partial charge on any atom is -0.338 e. The van der Waals surface area contributed by atoms with Crippen LogP contribution in [0, 0.1) is 0 Å². The fourth-order valence-electron chi connectivity index (χ4n) is 1.30. The van der Waals surface area contributed by atoms with Crippen LogP contribution in [-0.2, 0) is 14.6 Å². The normalized spacial score (nSPS) is 16.7. The van der Waals surface area contributed by atoms with Crippen LogP contribution in [0.4, 0.5) is 0 Å². The van der Waals surface area contributed by atoms with Crippen molar-refractivity contribution in [2.75, 3.05) is 23.9 Å². The second-order valence-electron chi connectivity index (χ2n) is 3.58. The highest BCUT2D eigenvalue weighted by Crippen LogP contribution is 2.26. The predicted octanol–water partition coefficient (Wildman–Crippen LogP) is 0.417. The molecule has 0 saturated heterocycles. The summed E-state index contributed by atoms with van der Waals surface area (Å²) in [5.74, 6) is -0.634. The molecule has 1 aliphatic rings. The van der Waals surface area contributed by atoms with E-state index in [4.69, 9.17) is 0 Å². The Hall–Kier alpha value is -0.100. The Balaban J connectivity index is 2.55. The monoisotopic (exact) mass is 283 g/mol. The van der Waals surface area contributed by atoms with Gasteiger partial charge in [-0.15, -0.1) is 0 Å². The van der Waals surface area contributed by atoms with Gasteiger partial charge in [-0.05, 0) is 12.8 Å². The molecule has 0 spiro atoms. The van der Waals surface area contributed by atoms with E-state index in [1.807, 2.05) is 0 Å². The molecule has 0 aromatic carbocycles. The van der Waals surface area contributed by atoms with E-state index < -0.39 is 9.84 Å². The van der Waals surface area contributed by atoms with E-state index in [9.17, 15) is 13.2 Å². The van der Waals surface area contributed by atoms with Crippen LogP contribution in [0.1, 0.15) is 12.8 Å². The van der Waals surface area contributed by atoms with Gasteiger partial charge in [-0.2, -0.15) is 0 Å². The highest BCUT2D eigenvalue weighted by atomic mass is 79.9. The zero-order valence-electron chi connectivity index (χ0n) is 8.07. The lowest BCUT2D eigenvalue weighted by molar-refractivity contribution is -0.128. The molecule has 0 radical (unpaired) electrons. The number of hydrogen-bond donors (Lipinski definition) is 0. The molecule has 1 rings (SSSR count). The number of amides is 1. The van der Waals surface area contributed by atoms with Crippen LogP contribution >= 0.6 is 15.9 Å². The van der Waals surface area contributed by atoms with Crippen molar-refractivity contribution in [1.82, 2.24) is 4.90 Å². The third-order valence-corrected chi connectivity index (χ3v) is 3.15. The molecule has 0 bridgehead atoms. The fraction of sp³-hybridized carbons (Fsp3) is 0.875. The number of carbonyl (C=O) groups is 1. The van der Waals surface area contributed by atoms with Crippen molar-refractivity contribution in [2.24, 2.45) is 0 Å². The van der Waals surface area contributed by atoms with Crippen molar-refractivity contribution in [1.29, 1.82) is 0 Å². The van der Waals surface area contributed by atoms with Crippen LogP contribution in [0.15, 0.2) is 0 Å². The first kappa shape index (κ1) is 12.0. The standard InChI is InChI=1S/C8H14BrNO3S/c1-14(12,13)6-8(11)10(5-4-9)7-2-3-7/h7H,2-6H2,1H3. The maximum Gasteiger partial charge on any atom is 0.238 e. The summed E-state index contributed by atoms with van der Waals surface area (Å²) >= 11 is 3.25. The maximum atomic E-state index is 11.6. The Labute approximate surface area is 92.7 Å². The third-order valence-electron chi connectivity index (χ3n) is 2.02. The number of alkyl halides is 1. The van der Waals surface area contributed by atoms with Gasteiger partial charge in [-0.25, -0.2) is 8.42 Å². The molecule has 0 unspecified atom stereocenters. The lowest BCUT2D eigenvalue weighted by atomic mass is 10.4. The number of nitrogens with zero attached hydrogens (tertiary/aromatic N) is 1. The first-order chi connectivity index (χ1) is 6.44. The molecule has 1 fully saturated rings. The Morgan fingerprint density at radius 2 is 2.07 bits per heavy atom. The highest BCUT2D eigenvalue weighted by Gasteiger charge is 2.32. The quantitative estimate of drug-likeness (QED) is 0.687. The van der Waals surface area contributed by atoms with Gasteiger partial charge in [0.15, 0.2) is 9.84 Å². The number of carbonyl (C=O) groups excluding carboxylic acids is 1. The lowest BCUT2D eigenvalue weighted by Crippen LogP contribution is -2.38. The van der Waals surface area contributed by atoms with E-state index in [1.54, 1.807) is 4.90 Å². The van der Waals surface area contributed by atoms with E-state index in [0.717, 1.165) is 19.1 Å². The topological polar surface area (TPSA) is 54.5 Å². The zero-order chi connectivity index (χ0) is 10.8. The number of sulfone groups is 1. The Kier molecular flexibility index (Phi) is 3.94. The molecule has 0 aliphatic heterocycles. The fourth-order valence-corrected chi connectivity index (χ4v) is 2.29. The van der Waals surface area contributed by atoms with Crippen LogP contribution in [-0.4, -0.2) is 49.2 Å². The Bertz CT molecular complexity index is 311. The van der Waals surface area contributed by atoms with Crippen molar-refractivity contribution >= 4 is 31.7 Å². The summed E-state index contributed by atoms with van der Waals surface area (Å²) in [6, 6.07) is 0.279. The summed E-state index contributed by atoms with van der Waals surface area (Å²) in [5, 5.41) is 0.693. The molecule has 6 heteroatoms. The molecule has 0 heterocycles. The first-order valence-corrected chi connectivity index (χ1v) is 7.65. The average Bonchev–Trinajstić information content (AvgIpc) is 2.78. The molecule has 0 aromatic rings. The van der Waals surface area contributed by atoms with Gasteiger partial charge in [-0.3, -0.25) is 4.79 Å². The molecule has 0 aromatic heterocycles. The average molecular weight is 284 g/mol. The van der Waals surface area contributed by atoms with Gasteiger partial charge in [-0.1, -0.05) is 15.9 Å². The summed E-state index contributed by atoms with van der Waals surface area (Å²) in [5.41, 5.74) is 0. The number of rotatable bonds is 5. The van der Waals surface area contributed by atoms with Crippen LogP contribution in [0.2, 0.25) is 0 Å². The van der Waals surface area contributed by atoms with Crippen LogP contribution in [0.5, 0.6) is 0 Å². The van der Waals surface area contributed by atoms with Crippen LogP contribution in [0.25, 0.3) is 0 Å². The Morgan fingerprint density at radius 3 is 2.43 bits per heavy atom. The smallest absolute Gasteiger partial charge is 0.238 e. The summed E-state index contributed by atoms with van der Waals surface area (Å²) in [7, 11) is -3.20. The summed E-state index contributed by atoms with van der Waals surface area (Å²) in [6.45, 7) is 0.596. The number of halogens is 1. The van der Waals surface area contributed by atoms with Crippen molar-refractivity contribution in [3.63, 3.8) is 0 Å². The van der Waals surface area contributed by atoms with Crippen LogP contribution in [0.3, 0.4) is 0 Å². The molecular formula is C8H14BrNO3S. The van der Waals surface area contributed by atoms with Gasteiger partial charge in [0.25, 0.3) is 0 Å². The van der Waals surface area contributed by atoms with Gasteiger partial charge in [0.2, 0.25) is 5.91 Å². The summed E-state index contributed by atoms with van der Waals surface area (Å²) in [6.07, 6.45) is 3.09. The molecule has 0 N–H and O–H groups in total. The Morgan fingerprint density at radius 1 is 1.50 bits per heavy atom. The van der Waals surface area contributed by atoms with E-state index in [0.29, 0.717) is 11.9 Å². The largest absolute Gasteiger partial charge is 0.338 e. The molecule has 1 aliphatic carbocycles. The van der Waals surface area contributed by atoms with Gasteiger partial charge < -0.3 is 4.90 Å². The second-order valence-corrected chi connectivity index (χ2v) is 6.51. The predicted molar refractivity (Wildman–Crippen MR) is 58.2 cm³/mol. The van der Waals surface area contributed by atoms with Crippen molar-refractivity contribution < 1.29 is 13.2 Å². The molecule has 14 heavy (non-hydrogen) atoms. The third kappa shape index (κ3) is 3.96. The van der Waals surface area contributed by atoms with Crippen molar-refractivity contribution in [3.8, 4) is 0 Å². The van der Waals surface area contributed by atoms with E-state index >= 15 is 0 Å². The van der Waals surface area contributed by atoms with Crippen molar-refractivity contribution in [2.45, 2.75) is 18.9 Å². The molecule has 1 amide bonds. The number of hydrogen-bond acceptors (Lipinski definition) is 3. The molecular weight excluding hydrogens is 270 g/mol. The molecule has 82 valence electrons. The minimum atomic E-state index is -3.20. The van der Waals surface area contributed by atoms with E-state index in [1.165, 1.54) is 0 Å². The minimum absolute atomic E-state index is 0.269. The zero-order valence-corrected chi connectivity index (χ0v) is 10.5. The summed E-state index contributed by atoms with van der Waals surface area (Å²) < 4.78 is 21.9. The van der Waals surface area contributed by atoms with E-state index in [2.05, 4.69) is 15.9 Å². The first-order valence-electron chi connectivity index (χ1n) is 4.47. The lowest BCUT2D eigenvalue weighted by Gasteiger charge is -2.20. The SMILES string of the molecule is CS(=O)(=O)CC(=O)N(CCBr)C1CC1.